The summed E-state index contributed by atoms with van der Waals surface area (Å²) in [6.45, 7) is 1.74. The van der Waals surface area contributed by atoms with Crippen LogP contribution in [0.2, 0.25) is 0 Å². The molecule has 138 valence electrons. The second-order valence-electron chi connectivity index (χ2n) is 6.72. The molecule has 0 amide bonds. The molecule has 0 bridgehead atoms. The monoisotopic (exact) mass is 384 g/mol. The predicted molar refractivity (Wildman–Crippen MR) is 99.7 cm³/mol. The van der Waals surface area contributed by atoms with Crippen molar-refractivity contribution >= 4 is 20.9 Å². The third-order valence-electron chi connectivity index (χ3n) is 4.76. The van der Waals surface area contributed by atoms with Gasteiger partial charge >= 0.3 is 0 Å². The Kier molecular flexibility index (Phi) is 4.21. The number of aromatic nitrogens is 2. The molecule has 3 aromatic rings. The fourth-order valence-electron chi connectivity index (χ4n) is 3.20. The molecular formula is C19H17FN4O2S. The Hall–Kier alpha value is -2.76. The first-order valence-corrected chi connectivity index (χ1v) is 10.1. The number of nitrogens with one attached hydrogen (secondary N) is 2. The Morgan fingerprint density at radius 2 is 2.19 bits per heavy atom. The average molecular weight is 384 g/mol. The van der Waals surface area contributed by atoms with Gasteiger partial charge in [-0.15, -0.1) is 0 Å². The fraction of sp³-hybridized carbons (Fsp3) is 0.263. The molecule has 2 N–H and O–H groups in total. The minimum absolute atomic E-state index is 0.222. The van der Waals surface area contributed by atoms with E-state index in [0.717, 1.165) is 0 Å². The molecule has 2 heterocycles. The van der Waals surface area contributed by atoms with E-state index < -0.39 is 21.9 Å². The van der Waals surface area contributed by atoms with Gasteiger partial charge in [-0.2, -0.15) is 5.26 Å². The summed E-state index contributed by atoms with van der Waals surface area (Å²) in [6.07, 6.45) is 4.55. The summed E-state index contributed by atoms with van der Waals surface area (Å²) in [7, 11) is -3.35. The second kappa shape index (κ2) is 6.44. The lowest BCUT2D eigenvalue weighted by molar-refractivity contribution is 0.566. The SMILES string of the molecule is CC(NS(=O)(=O)C1CC1)c1c[nH]c2cc(-c3ncccc3C#N)c(F)cc12. The van der Waals surface area contributed by atoms with Crippen molar-refractivity contribution in [2.45, 2.75) is 31.1 Å². The van der Waals surface area contributed by atoms with Gasteiger partial charge in [0.05, 0.1) is 16.5 Å². The van der Waals surface area contributed by atoms with Crippen LogP contribution < -0.4 is 4.72 Å². The van der Waals surface area contributed by atoms with Crippen LogP contribution in [0.4, 0.5) is 4.39 Å². The zero-order chi connectivity index (χ0) is 19.2. The lowest BCUT2D eigenvalue weighted by Crippen LogP contribution is -2.29. The number of hydrogen-bond donors (Lipinski definition) is 2. The number of benzene rings is 1. The van der Waals surface area contributed by atoms with Crippen LogP contribution in [-0.2, 0) is 10.0 Å². The summed E-state index contributed by atoms with van der Waals surface area (Å²) >= 11 is 0. The molecule has 1 unspecified atom stereocenters. The van der Waals surface area contributed by atoms with Crippen LogP contribution in [0.5, 0.6) is 0 Å². The fourth-order valence-corrected chi connectivity index (χ4v) is 4.77. The molecule has 1 saturated carbocycles. The minimum atomic E-state index is -3.35. The highest BCUT2D eigenvalue weighted by atomic mass is 32.2. The van der Waals surface area contributed by atoms with Crippen LogP contribution in [0.1, 0.15) is 36.9 Å². The third-order valence-corrected chi connectivity index (χ3v) is 6.79. The van der Waals surface area contributed by atoms with E-state index in [4.69, 9.17) is 0 Å². The number of pyridine rings is 1. The summed E-state index contributed by atoms with van der Waals surface area (Å²) in [6, 6.07) is 7.69. The Bertz CT molecular complexity index is 1180. The average Bonchev–Trinajstić information content (AvgIpc) is 3.43. The number of rotatable bonds is 5. The summed E-state index contributed by atoms with van der Waals surface area (Å²) in [5, 5.41) is 9.51. The molecule has 0 spiro atoms. The van der Waals surface area contributed by atoms with Crippen LogP contribution in [0.15, 0.2) is 36.7 Å². The van der Waals surface area contributed by atoms with Gasteiger partial charge in [-0.05, 0) is 49.6 Å². The lowest BCUT2D eigenvalue weighted by atomic mass is 10.0. The molecule has 4 rings (SSSR count). The molecule has 1 atom stereocenters. The highest BCUT2D eigenvalue weighted by Gasteiger charge is 2.36. The maximum Gasteiger partial charge on any atom is 0.215 e. The molecule has 27 heavy (non-hydrogen) atoms. The van der Waals surface area contributed by atoms with E-state index in [1.807, 2.05) is 6.07 Å². The normalized spacial score (nSPS) is 15.6. The number of H-pyrrole nitrogens is 1. The first-order chi connectivity index (χ1) is 12.9. The van der Waals surface area contributed by atoms with Gasteiger partial charge in [0.25, 0.3) is 0 Å². The first-order valence-electron chi connectivity index (χ1n) is 8.58. The van der Waals surface area contributed by atoms with Crippen molar-refractivity contribution in [3.05, 3.63) is 53.6 Å². The largest absolute Gasteiger partial charge is 0.361 e. The van der Waals surface area contributed by atoms with Gasteiger partial charge in [-0.1, -0.05) is 0 Å². The topological polar surface area (TPSA) is 98.6 Å². The Morgan fingerprint density at radius 3 is 2.89 bits per heavy atom. The van der Waals surface area contributed by atoms with Crippen molar-refractivity contribution in [1.82, 2.24) is 14.7 Å². The molecule has 0 aliphatic heterocycles. The molecule has 0 radical (unpaired) electrons. The van der Waals surface area contributed by atoms with Crippen molar-refractivity contribution in [2.75, 3.05) is 0 Å². The predicted octanol–water partition coefficient (Wildman–Crippen LogP) is 3.38. The molecular weight excluding hydrogens is 367 g/mol. The number of sulfonamides is 1. The van der Waals surface area contributed by atoms with Gasteiger partial charge in [-0.3, -0.25) is 4.98 Å². The summed E-state index contributed by atoms with van der Waals surface area (Å²) in [5.74, 6) is -0.518. The van der Waals surface area contributed by atoms with Gasteiger partial charge in [0.2, 0.25) is 10.0 Å². The highest BCUT2D eigenvalue weighted by Crippen LogP contribution is 2.33. The molecule has 2 aromatic heterocycles. The quantitative estimate of drug-likeness (QED) is 0.704. The molecule has 6 nitrogen and oxygen atoms in total. The highest BCUT2D eigenvalue weighted by molar-refractivity contribution is 7.90. The summed E-state index contributed by atoms with van der Waals surface area (Å²) < 4.78 is 41.8. The summed E-state index contributed by atoms with van der Waals surface area (Å²) in [5.41, 5.74) is 2.10. The van der Waals surface area contributed by atoms with Crippen LogP contribution in [0, 0.1) is 17.1 Å². The van der Waals surface area contributed by atoms with E-state index in [2.05, 4.69) is 14.7 Å². The zero-order valence-electron chi connectivity index (χ0n) is 14.5. The molecule has 1 aliphatic carbocycles. The van der Waals surface area contributed by atoms with Crippen molar-refractivity contribution in [3.8, 4) is 17.3 Å². The van der Waals surface area contributed by atoms with E-state index in [1.54, 1.807) is 31.3 Å². The molecule has 8 heteroatoms. The van der Waals surface area contributed by atoms with E-state index in [1.165, 1.54) is 12.3 Å². The van der Waals surface area contributed by atoms with Crippen molar-refractivity contribution in [2.24, 2.45) is 0 Å². The van der Waals surface area contributed by atoms with E-state index in [0.29, 0.717) is 29.3 Å². The van der Waals surface area contributed by atoms with Crippen LogP contribution in [0.25, 0.3) is 22.2 Å². The number of fused-ring (bicyclic) bond motifs is 1. The van der Waals surface area contributed by atoms with E-state index in [-0.39, 0.29) is 22.1 Å². The van der Waals surface area contributed by atoms with Crippen molar-refractivity contribution in [1.29, 1.82) is 5.26 Å². The maximum absolute atomic E-state index is 14.8. The molecule has 1 aromatic carbocycles. The van der Waals surface area contributed by atoms with Crippen molar-refractivity contribution < 1.29 is 12.8 Å². The summed E-state index contributed by atoms with van der Waals surface area (Å²) in [4.78, 5) is 7.20. The third kappa shape index (κ3) is 3.20. The number of nitrogens with zero attached hydrogens (tertiary/aromatic N) is 2. The Morgan fingerprint density at radius 1 is 1.41 bits per heavy atom. The lowest BCUT2D eigenvalue weighted by Gasteiger charge is -2.13. The van der Waals surface area contributed by atoms with Gasteiger partial charge in [0, 0.05) is 34.9 Å². The Labute approximate surface area is 156 Å². The smallest absolute Gasteiger partial charge is 0.215 e. The number of halogens is 1. The van der Waals surface area contributed by atoms with Crippen molar-refractivity contribution in [3.63, 3.8) is 0 Å². The number of nitriles is 1. The van der Waals surface area contributed by atoms with Gasteiger partial charge in [0.15, 0.2) is 0 Å². The second-order valence-corrected chi connectivity index (χ2v) is 8.71. The Balaban J connectivity index is 1.75. The maximum atomic E-state index is 14.8. The van der Waals surface area contributed by atoms with Gasteiger partial charge in [-0.25, -0.2) is 17.5 Å². The van der Waals surface area contributed by atoms with Crippen LogP contribution in [0.3, 0.4) is 0 Å². The van der Waals surface area contributed by atoms with Gasteiger partial charge in [0.1, 0.15) is 11.9 Å². The molecule has 1 fully saturated rings. The van der Waals surface area contributed by atoms with E-state index in [9.17, 15) is 18.1 Å². The minimum Gasteiger partial charge on any atom is -0.361 e. The molecule has 0 saturated heterocycles. The standard InChI is InChI=1S/C19H17FN4O2S/c1-11(24-27(25,26)13-4-5-13)16-10-23-18-8-15(17(20)7-14(16)18)19-12(9-21)3-2-6-22-19/h2-3,6-8,10-11,13,23-24H,4-5H2,1H3. The van der Waals surface area contributed by atoms with Crippen LogP contribution in [-0.4, -0.2) is 23.6 Å². The number of aromatic amines is 1. The number of hydrogen-bond acceptors (Lipinski definition) is 4. The first kappa shape index (κ1) is 17.6. The van der Waals surface area contributed by atoms with Gasteiger partial charge < -0.3 is 4.98 Å². The van der Waals surface area contributed by atoms with E-state index >= 15 is 0 Å². The van der Waals surface area contributed by atoms with Crippen LogP contribution >= 0.6 is 0 Å². The molecule has 1 aliphatic rings. The zero-order valence-corrected chi connectivity index (χ0v) is 15.3.